The van der Waals surface area contributed by atoms with Crippen LogP contribution in [0.3, 0.4) is 0 Å². The number of aromatic nitrogens is 1. The van der Waals surface area contributed by atoms with E-state index in [1.807, 2.05) is 55.3 Å². The number of carbonyl (C=O) groups excluding carboxylic acids is 1. The average Bonchev–Trinajstić information content (AvgIpc) is 3.31. The predicted molar refractivity (Wildman–Crippen MR) is 168 cm³/mol. The number of hydrogen-bond donors (Lipinski definition) is 0. The van der Waals surface area contributed by atoms with E-state index >= 15 is 0 Å². The summed E-state index contributed by atoms with van der Waals surface area (Å²) in [6, 6.07) is 24.7. The third-order valence-corrected chi connectivity index (χ3v) is 8.78. The highest BCUT2D eigenvalue weighted by atomic mass is 35.5. The van der Waals surface area contributed by atoms with Gasteiger partial charge in [-0.25, -0.2) is 0 Å². The highest BCUT2D eigenvalue weighted by molar-refractivity contribution is 6.31. The van der Waals surface area contributed by atoms with Gasteiger partial charge < -0.3 is 14.2 Å². The molecule has 1 amide bonds. The molecule has 1 aliphatic heterocycles. The Kier molecular flexibility index (Phi) is 9.36. The second-order valence-electron chi connectivity index (χ2n) is 11.8. The van der Waals surface area contributed by atoms with Crippen LogP contribution in [0.15, 0.2) is 79.0 Å². The first-order valence-corrected chi connectivity index (χ1v) is 15.2. The lowest BCUT2D eigenvalue weighted by Crippen LogP contribution is -2.48. The van der Waals surface area contributed by atoms with Gasteiger partial charge in [-0.15, -0.1) is 0 Å². The van der Waals surface area contributed by atoms with Crippen LogP contribution in [0.25, 0.3) is 10.9 Å². The van der Waals surface area contributed by atoms with Crippen LogP contribution < -0.4 is 4.74 Å². The lowest BCUT2D eigenvalue weighted by molar-refractivity contribution is -0.135. The summed E-state index contributed by atoms with van der Waals surface area (Å²) < 4.78 is 8.81. The Morgan fingerprint density at radius 1 is 1.07 bits per heavy atom. The number of para-hydroxylation sites is 1. The molecule has 1 aliphatic rings. The predicted octanol–water partition coefficient (Wildman–Crippen LogP) is 7.72. The van der Waals surface area contributed by atoms with E-state index < -0.39 is 0 Å². The van der Waals surface area contributed by atoms with Crippen molar-refractivity contribution in [3.8, 4) is 5.75 Å². The molecule has 1 aromatic heterocycles. The van der Waals surface area contributed by atoms with Crippen LogP contribution in [0.2, 0.25) is 5.02 Å². The third-order valence-electron chi connectivity index (χ3n) is 8.36. The molecule has 0 spiro atoms. The maximum Gasteiger partial charge on any atom is 0.223 e. The van der Waals surface area contributed by atoms with Gasteiger partial charge in [-0.05, 0) is 73.7 Å². The molecule has 41 heavy (non-hydrogen) atoms. The van der Waals surface area contributed by atoms with Gasteiger partial charge in [0, 0.05) is 67.2 Å². The molecule has 2 heterocycles. The molecule has 0 N–H and O–H groups in total. The molecule has 0 aliphatic carbocycles. The van der Waals surface area contributed by atoms with Gasteiger partial charge >= 0.3 is 0 Å². The van der Waals surface area contributed by atoms with Crippen LogP contribution >= 0.6 is 11.6 Å². The molecule has 3 aromatic carbocycles. The number of ether oxygens (including phenoxy) is 1. The van der Waals surface area contributed by atoms with Gasteiger partial charge in [0.2, 0.25) is 5.91 Å². The Labute approximate surface area is 249 Å². The van der Waals surface area contributed by atoms with Gasteiger partial charge in [-0.3, -0.25) is 9.69 Å². The summed E-state index contributed by atoms with van der Waals surface area (Å²) >= 11 is 6.27. The van der Waals surface area contributed by atoms with E-state index in [-0.39, 0.29) is 11.3 Å². The molecule has 0 saturated carbocycles. The van der Waals surface area contributed by atoms with Crippen molar-refractivity contribution < 1.29 is 9.53 Å². The van der Waals surface area contributed by atoms with Crippen molar-refractivity contribution in [2.24, 2.45) is 5.41 Å². The molecule has 216 valence electrons. The number of halogens is 1. The van der Waals surface area contributed by atoms with Crippen molar-refractivity contribution in [3.05, 3.63) is 101 Å². The molecule has 5 rings (SSSR count). The van der Waals surface area contributed by atoms with E-state index in [9.17, 15) is 4.79 Å². The largest absolute Gasteiger partial charge is 0.493 e. The first kappa shape index (κ1) is 29.2. The fourth-order valence-corrected chi connectivity index (χ4v) is 6.34. The number of rotatable bonds is 11. The summed E-state index contributed by atoms with van der Waals surface area (Å²) in [5.74, 6) is 0.960. The standard InChI is InChI=1S/C35H42ClN3O2/c1-4-18-39-24-29(31-13-8-9-14-33(31)39)23-38-19-10-17-35(25-38,26-41-30-15-16-32(36)27(2)20-30)21-34(40)37(3)22-28-11-6-5-7-12-28/h5-9,11-16,20,24H,4,10,17-19,21-23,25-26H2,1-3H3/t35-/m0/s1. The zero-order valence-electron chi connectivity index (χ0n) is 24.6. The molecule has 1 saturated heterocycles. The zero-order chi connectivity index (χ0) is 28.8. The molecule has 0 radical (unpaired) electrons. The Morgan fingerprint density at radius 2 is 1.85 bits per heavy atom. The number of nitrogens with zero attached hydrogens (tertiary/aromatic N) is 3. The Balaban J connectivity index is 1.36. The first-order chi connectivity index (χ1) is 19.9. The smallest absolute Gasteiger partial charge is 0.223 e. The van der Waals surface area contributed by atoms with Gasteiger partial charge in [0.05, 0.1) is 6.61 Å². The van der Waals surface area contributed by atoms with E-state index in [4.69, 9.17) is 16.3 Å². The summed E-state index contributed by atoms with van der Waals surface area (Å²) in [4.78, 5) is 18.1. The second-order valence-corrected chi connectivity index (χ2v) is 12.2. The summed E-state index contributed by atoms with van der Waals surface area (Å²) in [5.41, 5.74) is 4.50. The summed E-state index contributed by atoms with van der Waals surface area (Å²) in [7, 11) is 1.91. The first-order valence-electron chi connectivity index (χ1n) is 14.8. The van der Waals surface area contributed by atoms with Crippen molar-refractivity contribution >= 4 is 28.4 Å². The Bertz CT molecular complexity index is 1470. The maximum absolute atomic E-state index is 13.7. The normalized spacial score (nSPS) is 17.6. The number of carbonyl (C=O) groups is 1. The van der Waals surface area contributed by atoms with Crippen molar-refractivity contribution in [3.63, 3.8) is 0 Å². The molecular weight excluding hydrogens is 530 g/mol. The van der Waals surface area contributed by atoms with Gasteiger partial charge in [0.1, 0.15) is 5.75 Å². The molecule has 4 aromatic rings. The van der Waals surface area contributed by atoms with Gasteiger partial charge in [-0.1, -0.05) is 67.1 Å². The molecule has 6 heteroatoms. The number of piperidine rings is 1. The third kappa shape index (κ3) is 7.14. The van der Waals surface area contributed by atoms with E-state index in [2.05, 4.69) is 59.0 Å². The minimum absolute atomic E-state index is 0.158. The van der Waals surface area contributed by atoms with Crippen LogP contribution in [-0.2, 0) is 24.4 Å². The molecule has 0 bridgehead atoms. The number of aryl methyl sites for hydroxylation is 2. The highest BCUT2D eigenvalue weighted by Crippen LogP contribution is 2.37. The van der Waals surface area contributed by atoms with E-state index in [1.165, 1.54) is 16.5 Å². The fraction of sp³-hybridized carbons (Fsp3) is 0.400. The molecule has 0 unspecified atom stereocenters. The average molecular weight is 572 g/mol. The summed E-state index contributed by atoms with van der Waals surface area (Å²) in [6.07, 6.45) is 5.88. The van der Waals surface area contributed by atoms with Gasteiger partial charge in [0.25, 0.3) is 0 Å². The van der Waals surface area contributed by atoms with Crippen LogP contribution in [0.4, 0.5) is 0 Å². The molecule has 5 nitrogen and oxygen atoms in total. The minimum Gasteiger partial charge on any atom is -0.493 e. The second kappa shape index (κ2) is 13.1. The topological polar surface area (TPSA) is 37.7 Å². The SMILES string of the molecule is CCCn1cc(CN2CCC[C@](COc3ccc(Cl)c(C)c3)(CC(=O)N(C)Cc3ccccc3)C2)c2ccccc21. The zero-order valence-corrected chi connectivity index (χ0v) is 25.4. The minimum atomic E-state index is -0.282. The van der Waals surface area contributed by atoms with Crippen LogP contribution in [0.1, 0.15) is 49.3 Å². The Hall–Kier alpha value is -3.28. The lowest BCUT2D eigenvalue weighted by Gasteiger charge is -2.43. The number of fused-ring (bicyclic) bond motifs is 1. The van der Waals surface area contributed by atoms with Gasteiger partial charge in [0.15, 0.2) is 0 Å². The van der Waals surface area contributed by atoms with Gasteiger partial charge in [-0.2, -0.15) is 0 Å². The number of amides is 1. The molecule has 1 fully saturated rings. The summed E-state index contributed by atoms with van der Waals surface area (Å²) in [6.45, 7) is 9.03. The monoisotopic (exact) mass is 571 g/mol. The quantitative estimate of drug-likeness (QED) is 0.185. The van der Waals surface area contributed by atoms with E-state index in [0.717, 1.165) is 67.3 Å². The fourth-order valence-electron chi connectivity index (χ4n) is 6.22. The lowest BCUT2D eigenvalue weighted by atomic mass is 9.77. The van der Waals surface area contributed by atoms with Crippen LogP contribution in [-0.4, -0.2) is 47.0 Å². The van der Waals surface area contributed by atoms with Crippen molar-refractivity contribution in [1.29, 1.82) is 0 Å². The molecule has 1 atom stereocenters. The maximum atomic E-state index is 13.7. The number of hydrogen-bond acceptors (Lipinski definition) is 3. The molecular formula is C35H42ClN3O2. The van der Waals surface area contributed by atoms with E-state index in [1.54, 1.807) is 0 Å². The van der Waals surface area contributed by atoms with Crippen molar-refractivity contribution in [1.82, 2.24) is 14.4 Å². The van der Waals surface area contributed by atoms with Crippen LogP contribution in [0, 0.1) is 12.3 Å². The number of likely N-dealkylation sites (tertiary alicyclic amines) is 1. The summed E-state index contributed by atoms with van der Waals surface area (Å²) in [5, 5.41) is 2.06. The van der Waals surface area contributed by atoms with Crippen molar-refractivity contribution in [2.45, 2.75) is 59.2 Å². The Morgan fingerprint density at radius 3 is 2.63 bits per heavy atom. The highest BCUT2D eigenvalue weighted by Gasteiger charge is 2.39. The van der Waals surface area contributed by atoms with Crippen molar-refractivity contribution in [2.75, 3.05) is 26.7 Å². The van der Waals surface area contributed by atoms with Crippen LogP contribution in [0.5, 0.6) is 5.75 Å². The number of benzene rings is 3. The van der Waals surface area contributed by atoms with E-state index in [0.29, 0.717) is 19.6 Å².